The molecule has 3 aromatic rings. The Labute approximate surface area is 181 Å². The van der Waals surface area contributed by atoms with Crippen LogP contribution in [0.3, 0.4) is 0 Å². The van der Waals surface area contributed by atoms with E-state index in [-0.39, 0.29) is 17.9 Å². The van der Waals surface area contributed by atoms with Crippen molar-refractivity contribution in [1.29, 1.82) is 0 Å². The van der Waals surface area contributed by atoms with Crippen molar-refractivity contribution in [2.45, 2.75) is 11.4 Å². The van der Waals surface area contributed by atoms with E-state index in [1.807, 2.05) is 4.72 Å². The summed E-state index contributed by atoms with van der Waals surface area (Å²) in [6.45, 7) is -1.17. The molecule has 13 heteroatoms. The fourth-order valence-electron chi connectivity index (χ4n) is 2.59. The monoisotopic (exact) mass is 462 g/mol. The first-order valence-corrected chi connectivity index (χ1v) is 10.6. The minimum Gasteiger partial charge on any atom is -0.467 e. The molecule has 0 unspecified atom stereocenters. The van der Waals surface area contributed by atoms with Crippen molar-refractivity contribution in [2.75, 3.05) is 18.5 Å². The number of furan rings is 1. The van der Waals surface area contributed by atoms with Crippen LogP contribution in [0, 0.1) is 10.1 Å². The molecule has 0 fully saturated rings. The summed E-state index contributed by atoms with van der Waals surface area (Å²) in [6, 6.07) is 9.69. The Kier molecular flexibility index (Phi) is 7.02. The average Bonchev–Trinajstić information content (AvgIpc) is 3.48. The van der Waals surface area contributed by atoms with Crippen LogP contribution < -0.4 is 10.0 Å². The second kappa shape index (κ2) is 9.89. The van der Waals surface area contributed by atoms with E-state index in [2.05, 4.69) is 10.3 Å². The smallest absolute Gasteiger partial charge is 0.321 e. The fourth-order valence-corrected chi connectivity index (χ4v) is 3.58. The molecule has 32 heavy (non-hydrogen) atoms. The number of esters is 1. The summed E-state index contributed by atoms with van der Waals surface area (Å²) in [5.41, 5.74) is -0.141. The van der Waals surface area contributed by atoms with Crippen molar-refractivity contribution in [2.24, 2.45) is 0 Å². The molecular weight excluding hydrogens is 444 g/mol. The summed E-state index contributed by atoms with van der Waals surface area (Å²) in [7, 11) is -4.26. The van der Waals surface area contributed by atoms with Crippen molar-refractivity contribution in [3.63, 3.8) is 0 Å². The minimum absolute atomic E-state index is 0.0904. The lowest BCUT2D eigenvalue weighted by Gasteiger charge is -2.09. The van der Waals surface area contributed by atoms with Gasteiger partial charge >= 0.3 is 5.97 Å². The summed E-state index contributed by atoms with van der Waals surface area (Å²) in [6.07, 6.45) is 2.98. The van der Waals surface area contributed by atoms with E-state index < -0.39 is 50.4 Å². The number of aromatic amines is 1. The molecule has 3 N–H and O–H groups in total. The summed E-state index contributed by atoms with van der Waals surface area (Å²) in [4.78, 5) is 36.5. The number of nitro groups is 1. The molecule has 0 spiro atoms. The Hall–Kier alpha value is -3.97. The van der Waals surface area contributed by atoms with Crippen LogP contribution in [0.2, 0.25) is 0 Å². The number of hydrogen-bond donors (Lipinski definition) is 3. The topological polar surface area (TPSA) is 174 Å². The van der Waals surface area contributed by atoms with Gasteiger partial charge in [0.1, 0.15) is 18.0 Å². The van der Waals surface area contributed by atoms with Gasteiger partial charge in [-0.15, -0.1) is 0 Å². The quantitative estimate of drug-likeness (QED) is 0.166. The van der Waals surface area contributed by atoms with Gasteiger partial charge in [0.2, 0.25) is 15.8 Å². The van der Waals surface area contributed by atoms with E-state index in [0.29, 0.717) is 5.76 Å². The molecule has 12 nitrogen and oxygen atoms in total. The van der Waals surface area contributed by atoms with Crippen molar-refractivity contribution in [3.8, 4) is 0 Å². The number of sulfonamides is 1. The molecule has 0 aliphatic heterocycles. The molecule has 1 aromatic carbocycles. The Morgan fingerprint density at radius 3 is 2.66 bits per heavy atom. The first-order valence-electron chi connectivity index (χ1n) is 9.13. The molecule has 168 valence electrons. The first kappa shape index (κ1) is 22.7. The zero-order chi connectivity index (χ0) is 23.1. The number of ether oxygens (including phenoxy) is 1. The normalized spacial score (nSPS) is 11.1. The van der Waals surface area contributed by atoms with Crippen LogP contribution in [-0.2, 0) is 26.1 Å². The molecule has 0 amide bonds. The van der Waals surface area contributed by atoms with Gasteiger partial charge in [0, 0.05) is 12.3 Å². The zero-order valence-electron chi connectivity index (χ0n) is 16.4. The van der Waals surface area contributed by atoms with E-state index in [4.69, 9.17) is 9.15 Å². The van der Waals surface area contributed by atoms with Crippen LogP contribution in [0.25, 0.3) is 0 Å². The Balaban J connectivity index is 1.61. The summed E-state index contributed by atoms with van der Waals surface area (Å²) in [5, 5.41) is 14.2. The van der Waals surface area contributed by atoms with Crippen LogP contribution in [-0.4, -0.2) is 43.2 Å². The van der Waals surface area contributed by atoms with E-state index in [0.717, 1.165) is 12.1 Å². The van der Waals surface area contributed by atoms with E-state index in [1.54, 1.807) is 18.2 Å². The lowest BCUT2D eigenvalue weighted by molar-refractivity contribution is -0.384. The molecule has 0 atom stereocenters. The number of Topliss-reactive ketones (excluding diaryl/α,β-unsaturated/α-hetero) is 1. The molecule has 0 aliphatic rings. The maximum atomic E-state index is 12.4. The predicted octanol–water partition coefficient (Wildman–Crippen LogP) is 1.83. The number of ketones is 1. The first-order chi connectivity index (χ1) is 15.3. The van der Waals surface area contributed by atoms with Gasteiger partial charge in [-0.1, -0.05) is 0 Å². The summed E-state index contributed by atoms with van der Waals surface area (Å²) >= 11 is 0. The second-order valence-electron chi connectivity index (χ2n) is 6.36. The minimum atomic E-state index is -4.26. The summed E-state index contributed by atoms with van der Waals surface area (Å²) < 4.78 is 36.8. The Bertz CT molecular complexity index is 1200. The lowest BCUT2D eigenvalue weighted by Crippen LogP contribution is -2.31. The number of nitro benzene ring substituents is 1. The molecule has 0 aliphatic carbocycles. The van der Waals surface area contributed by atoms with Gasteiger partial charge in [0.05, 0.1) is 28.3 Å². The molecule has 3 rings (SSSR count). The zero-order valence-corrected chi connectivity index (χ0v) is 17.3. The van der Waals surface area contributed by atoms with Crippen molar-refractivity contribution >= 4 is 33.2 Å². The van der Waals surface area contributed by atoms with Crippen LogP contribution in [0.4, 0.5) is 11.4 Å². The number of nitrogens with one attached hydrogen (secondary N) is 3. The highest BCUT2D eigenvalue weighted by atomic mass is 32.2. The number of aromatic nitrogens is 1. The number of anilines is 1. The molecule has 2 aromatic heterocycles. The van der Waals surface area contributed by atoms with Crippen LogP contribution in [0.5, 0.6) is 0 Å². The maximum Gasteiger partial charge on any atom is 0.321 e. The van der Waals surface area contributed by atoms with Gasteiger partial charge in [-0.2, -0.15) is 4.72 Å². The van der Waals surface area contributed by atoms with Crippen LogP contribution in [0.15, 0.2) is 64.2 Å². The van der Waals surface area contributed by atoms with E-state index in [1.165, 1.54) is 24.6 Å². The standard InChI is InChI=1S/C19H18N4O8S/c24-18(16-4-1-7-20-16)12-31-19(25)11-22-32(28,29)14-5-6-15(17(9-14)23(26)27)21-10-13-3-2-8-30-13/h1-9,20-22H,10-12H2. The number of H-pyrrole nitrogens is 1. The average molecular weight is 462 g/mol. The number of hydrogen-bond acceptors (Lipinski definition) is 9. The van der Waals surface area contributed by atoms with Gasteiger partial charge in [0.15, 0.2) is 6.61 Å². The lowest BCUT2D eigenvalue weighted by atomic mass is 10.2. The number of carbonyl (C=O) groups is 2. The fraction of sp³-hybridized carbons (Fsp3) is 0.158. The van der Waals surface area contributed by atoms with Crippen molar-refractivity contribution in [1.82, 2.24) is 9.71 Å². The van der Waals surface area contributed by atoms with Gasteiger partial charge < -0.3 is 19.5 Å². The van der Waals surface area contributed by atoms with Gasteiger partial charge in [-0.25, -0.2) is 8.42 Å². The van der Waals surface area contributed by atoms with Crippen molar-refractivity contribution in [3.05, 3.63) is 76.5 Å². The van der Waals surface area contributed by atoms with Gasteiger partial charge in [-0.05, 0) is 36.4 Å². The van der Waals surface area contributed by atoms with E-state index >= 15 is 0 Å². The highest BCUT2D eigenvalue weighted by molar-refractivity contribution is 7.89. The predicted molar refractivity (Wildman–Crippen MR) is 110 cm³/mol. The largest absolute Gasteiger partial charge is 0.467 e. The molecule has 0 bridgehead atoms. The van der Waals surface area contributed by atoms with Gasteiger partial charge in [0.25, 0.3) is 5.69 Å². The highest BCUT2D eigenvalue weighted by Crippen LogP contribution is 2.28. The van der Waals surface area contributed by atoms with E-state index in [9.17, 15) is 28.1 Å². The number of carbonyl (C=O) groups excluding carboxylic acids is 2. The summed E-state index contributed by atoms with van der Waals surface area (Å²) in [5.74, 6) is -0.940. The number of rotatable bonds is 11. The number of nitrogens with zero attached hydrogens (tertiary/aromatic N) is 1. The molecule has 0 saturated carbocycles. The van der Waals surface area contributed by atoms with Crippen molar-refractivity contribution < 1.29 is 32.1 Å². The molecular formula is C19H18N4O8S. The second-order valence-corrected chi connectivity index (χ2v) is 8.13. The highest BCUT2D eigenvalue weighted by Gasteiger charge is 2.22. The Morgan fingerprint density at radius 2 is 2.00 bits per heavy atom. The van der Waals surface area contributed by atoms with Gasteiger partial charge in [-0.3, -0.25) is 19.7 Å². The SMILES string of the molecule is O=C(CNS(=O)(=O)c1ccc(NCc2ccco2)c([N+](=O)[O-])c1)OCC(=O)c1ccc[nH]1. The van der Waals surface area contributed by atoms with Crippen LogP contribution >= 0.6 is 0 Å². The molecule has 2 heterocycles. The Morgan fingerprint density at radius 1 is 1.19 bits per heavy atom. The van der Waals surface area contributed by atoms with Crippen LogP contribution in [0.1, 0.15) is 16.2 Å². The third kappa shape index (κ3) is 5.80. The number of benzene rings is 1. The third-order valence-electron chi connectivity index (χ3n) is 4.18. The molecule has 0 radical (unpaired) electrons. The molecule has 0 saturated heterocycles. The third-order valence-corrected chi connectivity index (χ3v) is 5.58. The maximum absolute atomic E-state index is 12.4.